The van der Waals surface area contributed by atoms with Gasteiger partial charge in [0.1, 0.15) is 0 Å². The summed E-state index contributed by atoms with van der Waals surface area (Å²) in [5.74, 6) is -1.39. The Balaban J connectivity index is 1.97. The molecule has 0 bridgehead atoms. The highest BCUT2D eigenvalue weighted by atomic mass is 16.3. The Labute approximate surface area is 243 Å². The molecule has 8 nitrogen and oxygen atoms in total. The van der Waals surface area contributed by atoms with Crippen LogP contribution in [0.4, 0.5) is 0 Å². The van der Waals surface area contributed by atoms with Crippen LogP contribution in [-0.2, 0) is 27.3 Å². The largest absolute Gasteiger partial charge is 0.391 e. The van der Waals surface area contributed by atoms with Gasteiger partial charge in [-0.05, 0) is 56.2 Å². The second-order valence-corrected chi connectivity index (χ2v) is 11.1. The van der Waals surface area contributed by atoms with Crippen LogP contribution in [0.5, 0.6) is 0 Å². The van der Waals surface area contributed by atoms with Crippen molar-refractivity contribution in [3.05, 3.63) is 94.6 Å². The van der Waals surface area contributed by atoms with Crippen LogP contribution in [0.15, 0.2) is 77.9 Å². The first kappa shape index (κ1) is 31.8. The second-order valence-electron chi connectivity index (χ2n) is 11.1. The molecule has 1 aliphatic rings. The van der Waals surface area contributed by atoms with Crippen molar-refractivity contribution in [1.82, 2.24) is 10.2 Å². The third-order valence-corrected chi connectivity index (χ3v) is 7.47. The number of carbonyl (C=O) groups excluding carboxylic acids is 3. The lowest BCUT2D eigenvalue weighted by molar-refractivity contribution is -0.131. The van der Waals surface area contributed by atoms with Crippen molar-refractivity contribution < 1.29 is 19.5 Å². The summed E-state index contributed by atoms with van der Waals surface area (Å²) in [6, 6.07) is 16.7. The van der Waals surface area contributed by atoms with Gasteiger partial charge in [0.25, 0.3) is 0 Å². The SMILES string of the molecule is CCCN(CCC)C(=O)C1=CC(C(N)=O)=CC(C[C@@H](O)[C@@H](N)Cc2cccc(C)c2)(C(=O)NCc2ccccc2)C1. The Hall–Kier alpha value is -3.75. The minimum atomic E-state index is -1.41. The number of benzene rings is 2. The van der Waals surface area contributed by atoms with Gasteiger partial charge in [-0.15, -0.1) is 0 Å². The number of hydrogen-bond acceptors (Lipinski definition) is 5. The van der Waals surface area contributed by atoms with Gasteiger partial charge in [-0.1, -0.05) is 80.1 Å². The summed E-state index contributed by atoms with van der Waals surface area (Å²) in [6.07, 6.45) is 3.79. The van der Waals surface area contributed by atoms with Crippen LogP contribution >= 0.6 is 0 Å². The summed E-state index contributed by atoms with van der Waals surface area (Å²) in [6.45, 7) is 7.33. The number of aliphatic hydroxyl groups excluding tert-OH is 1. The first-order valence-electron chi connectivity index (χ1n) is 14.4. The Morgan fingerprint density at radius 3 is 2.29 bits per heavy atom. The Bertz CT molecular complexity index is 1270. The molecule has 1 aliphatic carbocycles. The van der Waals surface area contributed by atoms with Crippen LogP contribution in [-0.4, -0.2) is 53.0 Å². The topological polar surface area (TPSA) is 139 Å². The number of aliphatic hydroxyl groups is 1. The van der Waals surface area contributed by atoms with Crippen LogP contribution in [0.3, 0.4) is 0 Å². The quantitative estimate of drug-likeness (QED) is 0.281. The maximum atomic E-state index is 14.0. The molecule has 2 aromatic carbocycles. The fourth-order valence-corrected chi connectivity index (χ4v) is 5.40. The normalized spacial score (nSPS) is 18.1. The van der Waals surface area contributed by atoms with Gasteiger partial charge >= 0.3 is 0 Å². The van der Waals surface area contributed by atoms with Crippen molar-refractivity contribution in [2.75, 3.05) is 13.1 Å². The van der Waals surface area contributed by atoms with Gasteiger partial charge < -0.3 is 26.8 Å². The molecule has 8 heteroatoms. The lowest BCUT2D eigenvalue weighted by Gasteiger charge is -2.37. The molecule has 0 heterocycles. The van der Waals surface area contributed by atoms with Gasteiger partial charge in [0.2, 0.25) is 17.7 Å². The summed E-state index contributed by atoms with van der Waals surface area (Å²) >= 11 is 0. The maximum absolute atomic E-state index is 14.0. The molecule has 220 valence electrons. The predicted molar refractivity (Wildman–Crippen MR) is 161 cm³/mol. The Kier molecular flexibility index (Phi) is 11.4. The minimum Gasteiger partial charge on any atom is -0.391 e. The van der Waals surface area contributed by atoms with E-state index in [-0.39, 0.29) is 30.9 Å². The molecule has 3 rings (SSSR count). The van der Waals surface area contributed by atoms with Crippen LogP contribution in [0.2, 0.25) is 0 Å². The molecule has 0 spiro atoms. The molecule has 0 saturated heterocycles. The summed E-state index contributed by atoms with van der Waals surface area (Å²) in [5.41, 5.74) is 14.1. The summed E-state index contributed by atoms with van der Waals surface area (Å²) in [4.78, 5) is 41.9. The van der Waals surface area contributed by atoms with Gasteiger partial charge in [0.05, 0.1) is 11.5 Å². The smallest absolute Gasteiger partial charge is 0.249 e. The molecule has 2 aromatic rings. The zero-order valence-corrected chi connectivity index (χ0v) is 24.4. The van der Waals surface area contributed by atoms with E-state index in [1.54, 1.807) is 4.90 Å². The lowest BCUT2D eigenvalue weighted by atomic mass is 9.70. The van der Waals surface area contributed by atoms with Gasteiger partial charge in [0, 0.05) is 36.8 Å². The van der Waals surface area contributed by atoms with Gasteiger partial charge in [-0.2, -0.15) is 0 Å². The first-order valence-corrected chi connectivity index (χ1v) is 14.4. The van der Waals surface area contributed by atoms with Crippen molar-refractivity contribution in [3.8, 4) is 0 Å². The Morgan fingerprint density at radius 1 is 1.02 bits per heavy atom. The zero-order chi connectivity index (χ0) is 30.0. The van der Waals surface area contributed by atoms with E-state index in [9.17, 15) is 19.5 Å². The molecule has 0 radical (unpaired) electrons. The van der Waals surface area contributed by atoms with Crippen molar-refractivity contribution >= 4 is 17.7 Å². The van der Waals surface area contributed by atoms with E-state index < -0.39 is 29.4 Å². The molecule has 3 amide bonds. The molecule has 1 unspecified atom stereocenters. The lowest BCUT2D eigenvalue weighted by Crippen LogP contribution is -2.48. The molecule has 0 fully saturated rings. The van der Waals surface area contributed by atoms with Gasteiger partial charge in [-0.25, -0.2) is 0 Å². The number of nitrogens with one attached hydrogen (secondary N) is 1. The van der Waals surface area contributed by atoms with Gasteiger partial charge in [0.15, 0.2) is 0 Å². The van der Waals surface area contributed by atoms with E-state index in [1.807, 2.05) is 75.4 Å². The predicted octanol–water partition coefficient (Wildman–Crippen LogP) is 3.31. The van der Waals surface area contributed by atoms with E-state index in [1.165, 1.54) is 12.2 Å². The minimum absolute atomic E-state index is 0.0153. The van der Waals surface area contributed by atoms with E-state index in [0.29, 0.717) is 25.1 Å². The summed E-state index contributed by atoms with van der Waals surface area (Å²) in [7, 11) is 0. The highest BCUT2D eigenvalue weighted by molar-refractivity contribution is 6.03. The first-order chi connectivity index (χ1) is 19.6. The van der Waals surface area contributed by atoms with Crippen molar-refractivity contribution in [1.29, 1.82) is 0 Å². The van der Waals surface area contributed by atoms with Crippen molar-refractivity contribution in [2.24, 2.45) is 16.9 Å². The average molecular weight is 561 g/mol. The van der Waals surface area contributed by atoms with Crippen LogP contribution in [0, 0.1) is 12.3 Å². The van der Waals surface area contributed by atoms with Gasteiger partial charge in [-0.3, -0.25) is 14.4 Å². The fraction of sp³-hybridized carbons (Fsp3) is 0.424. The monoisotopic (exact) mass is 560 g/mol. The third-order valence-electron chi connectivity index (χ3n) is 7.47. The number of nitrogens with two attached hydrogens (primary N) is 2. The number of nitrogens with zero attached hydrogens (tertiary/aromatic N) is 1. The molecule has 3 atom stereocenters. The number of rotatable bonds is 14. The Morgan fingerprint density at radius 2 is 1.68 bits per heavy atom. The number of primary amides is 1. The molecule has 0 saturated carbocycles. The highest BCUT2D eigenvalue weighted by Gasteiger charge is 2.44. The number of hydrogen-bond donors (Lipinski definition) is 4. The zero-order valence-electron chi connectivity index (χ0n) is 24.4. The molecule has 0 aliphatic heterocycles. The van der Waals surface area contributed by atoms with Crippen molar-refractivity contribution in [3.63, 3.8) is 0 Å². The van der Waals surface area contributed by atoms with E-state index in [4.69, 9.17) is 11.5 Å². The molecule has 6 N–H and O–H groups in total. The molecule has 0 aromatic heterocycles. The third kappa shape index (κ3) is 8.62. The standard InChI is InChI=1S/C33H44N4O4/c1-4-14-37(15-5-2)31(40)27-18-26(30(35)39)19-33(20-27,32(41)36-22-24-11-7-6-8-12-24)21-29(38)28(34)17-25-13-9-10-23(3)16-25/h6-13,16,18-19,28-29,38H,4-5,14-15,17,20-22,34H2,1-3H3,(H2,35,39)(H,36,41)/t28-,29+,33?/m0/s1. The second kappa shape index (κ2) is 14.8. The molecular weight excluding hydrogens is 516 g/mol. The molecule has 41 heavy (non-hydrogen) atoms. The van der Waals surface area contributed by atoms with Crippen molar-refractivity contribution in [2.45, 2.75) is 71.6 Å². The van der Waals surface area contributed by atoms with Crippen LogP contribution < -0.4 is 16.8 Å². The molecular formula is C33H44N4O4. The van der Waals surface area contributed by atoms with Crippen LogP contribution in [0.25, 0.3) is 0 Å². The maximum Gasteiger partial charge on any atom is 0.249 e. The van der Waals surface area contributed by atoms with E-state index in [2.05, 4.69) is 5.32 Å². The highest BCUT2D eigenvalue weighted by Crippen LogP contribution is 2.40. The van der Waals surface area contributed by atoms with E-state index in [0.717, 1.165) is 29.5 Å². The average Bonchev–Trinajstić information content (AvgIpc) is 2.95. The summed E-state index contributed by atoms with van der Waals surface area (Å²) < 4.78 is 0. The van der Waals surface area contributed by atoms with Crippen LogP contribution in [0.1, 0.15) is 56.2 Å². The number of amides is 3. The number of aryl methyl sites for hydroxylation is 1. The summed E-state index contributed by atoms with van der Waals surface area (Å²) in [5, 5.41) is 14.3. The fourth-order valence-electron chi connectivity index (χ4n) is 5.40. The van der Waals surface area contributed by atoms with E-state index >= 15 is 0 Å². The number of carbonyl (C=O) groups is 3.